The van der Waals surface area contributed by atoms with E-state index in [9.17, 15) is 18.0 Å². The van der Waals surface area contributed by atoms with E-state index in [0.29, 0.717) is 5.70 Å². The molecule has 0 aliphatic heterocycles. The van der Waals surface area contributed by atoms with Gasteiger partial charge in [0.2, 0.25) is 6.29 Å². The Morgan fingerprint density at radius 1 is 1.07 bits per heavy atom. The molecule has 0 spiro atoms. The number of halogens is 3. The van der Waals surface area contributed by atoms with E-state index in [2.05, 4.69) is 21.3 Å². The molecule has 0 saturated heterocycles. The zero-order chi connectivity index (χ0) is 21.1. The molecule has 154 valence electrons. The summed E-state index contributed by atoms with van der Waals surface area (Å²) in [6.07, 6.45) is -4.03. The van der Waals surface area contributed by atoms with Crippen LogP contribution in [0.5, 0.6) is 0 Å². The van der Waals surface area contributed by atoms with E-state index < -0.39 is 12.5 Å². The average molecular weight is 390 g/mol. The van der Waals surface area contributed by atoms with E-state index in [1.54, 1.807) is 7.05 Å². The third-order valence-electron chi connectivity index (χ3n) is 2.92. The number of allylic oxidation sites excluding steroid dienone is 1. The highest BCUT2D eigenvalue weighted by Gasteiger charge is 2.24. The molecule has 0 aromatic heterocycles. The highest BCUT2D eigenvalue weighted by molar-refractivity contribution is 5.73. The van der Waals surface area contributed by atoms with Crippen molar-refractivity contribution in [3.8, 4) is 0 Å². The highest BCUT2D eigenvalue weighted by atomic mass is 19.4. The van der Waals surface area contributed by atoms with E-state index in [1.165, 1.54) is 0 Å². The monoisotopic (exact) mass is 390 g/mol. The Labute approximate surface area is 158 Å². The third-order valence-corrected chi connectivity index (χ3v) is 2.92. The smallest absolute Gasteiger partial charge is 0.388 e. The van der Waals surface area contributed by atoms with Gasteiger partial charge in [-0.25, -0.2) is 0 Å². The summed E-state index contributed by atoms with van der Waals surface area (Å²) in [4.78, 5) is 19.3. The number of rotatable bonds is 8. The highest BCUT2D eigenvalue weighted by Crippen LogP contribution is 2.08. The van der Waals surface area contributed by atoms with Crippen molar-refractivity contribution in [3.63, 3.8) is 0 Å². The van der Waals surface area contributed by atoms with Crippen LogP contribution in [0.4, 0.5) is 18.9 Å². The lowest BCUT2D eigenvalue weighted by atomic mass is 10.2. The van der Waals surface area contributed by atoms with Crippen LogP contribution in [-0.2, 0) is 9.59 Å². The number of anilines is 1. The first-order valence-corrected chi connectivity index (χ1v) is 8.29. The second kappa shape index (κ2) is 16.9. The van der Waals surface area contributed by atoms with Crippen molar-refractivity contribution in [2.75, 3.05) is 39.5 Å². The Balaban J connectivity index is 0. The van der Waals surface area contributed by atoms with Crippen LogP contribution in [0, 0.1) is 0 Å². The first kappa shape index (κ1) is 26.7. The molecule has 9 heteroatoms. The van der Waals surface area contributed by atoms with Gasteiger partial charge >= 0.3 is 6.18 Å². The van der Waals surface area contributed by atoms with Gasteiger partial charge in [-0.05, 0) is 26.1 Å². The maximum Gasteiger partial charge on any atom is 0.446 e. The van der Waals surface area contributed by atoms with E-state index in [4.69, 9.17) is 4.79 Å². The fourth-order valence-corrected chi connectivity index (χ4v) is 1.67. The predicted molar refractivity (Wildman–Crippen MR) is 102 cm³/mol. The predicted octanol–water partition coefficient (Wildman–Crippen LogP) is 2.31. The van der Waals surface area contributed by atoms with Crippen molar-refractivity contribution in [3.05, 3.63) is 41.7 Å². The fourth-order valence-electron chi connectivity index (χ4n) is 1.67. The summed E-state index contributed by atoms with van der Waals surface area (Å²) in [5.74, 6) is 0. The van der Waals surface area contributed by atoms with E-state index in [1.807, 2.05) is 51.4 Å². The minimum absolute atomic E-state index is 0.636. The summed E-state index contributed by atoms with van der Waals surface area (Å²) < 4.78 is 31.2. The van der Waals surface area contributed by atoms with Crippen LogP contribution < -0.4 is 21.3 Å². The van der Waals surface area contributed by atoms with Crippen molar-refractivity contribution in [1.82, 2.24) is 16.0 Å². The summed E-state index contributed by atoms with van der Waals surface area (Å²) in [5.41, 5.74) is 2.76. The van der Waals surface area contributed by atoms with Crippen LogP contribution in [0.1, 0.15) is 13.3 Å². The third kappa shape index (κ3) is 16.7. The molecule has 4 N–H and O–H groups in total. The number of benzene rings is 1. The summed E-state index contributed by atoms with van der Waals surface area (Å²) in [7, 11) is 5.55. The number of hydrogen-bond donors (Lipinski definition) is 4. The normalized spacial score (nSPS) is 10.8. The van der Waals surface area contributed by atoms with Gasteiger partial charge in [-0.2, -0.15) is 13.2 Å². The first-order chi connectivity index (χ1) is 12.8. The number of alkyl halides is 3. The summed E-state index contributed by atoms with van der Waals surface area (Å²) in [5, 5.41) is 12.1. The molecule has 0 bridgehead atoms. The second-order valence-electron chi connectivity index (χ2n) is 4.92. The molecular weight excluding hydrogens is 361 g/mol. The summed E-state index contributed by atoms with van der Waals surface area (Å²) >= 11 is 0. The van der Waals surface area contributed by atoms with Crippen LogP contribution in [0.25, 0.3) is 0 Å². The largest absolute Gasteiger partial charge is 0.446 e. The van der Waals surface area contributed by atoms with Crippen molar-refractivity contribution in [1.29, 1.82) is 0 Å². The Kier molecular flexibility index (Phi) is 16.7. The molecule has 1 aromatic rings. The lowest BCUT2D eigenvalue weighted by molar-refractivity contribution is -0.156. The molecule has 0 heterocycles. The molecule has 0 aliphatic carbocycles. The molecule has 27 heavy (non-hydrogen) atoms. The number of para-hydroxylation sites is 1. The average Bonchev–Trinajstić information content (AvgIpc) is 2.68. The van der Waals surface area contributed by atoms with Gasteiger partial charge in [0.05, 0.1) is 5.70 Å². The SMILES string of the molecule is CCN/C(CCNC)=C(\C=O)NC.CNc1ccccc1.O=CC(F)(F)F. The number of carbonyl (C=O) groups excluding carboxylic acids is 2. The Bertz CT molecular complexity index is 535. The zero-order valence-electron chi connectivity index (χ0n) is 16.1. The number of likely N-dealkylation sites (N-methyl/N-ethyl adjacent to an activating group) is 1. The molecule has 0 radical (unpaired) electrons. The lowest BCUT2D eigenvalue weighted by Gasteiger charge is -2.12. The van der Waals surface area contributed by atoms with Gasteiger partial charge < -0.3 is 21.3 Å². The second-order valence-corrected chi connectivity index (χ2v) is 4.92. The Morgan fingerprint density at radius 2 is 1.63 bits per heavy atom. The first-order valence-electron chi connectivity index (χ1n) is 8.29. The van der Waals surface area contributed by atoms with Crippen molar-refractivity contribution >= 4 is 18.3 Å². The van der Waals surface area contributed by atoms with Gasteiger partial charge in [0.15, 0.2) is 6.29 Å². The van der Waals surface area contributed by atoms with Gasteiger partial charge in [-0.15, -0.1) is 0 Å². The van der Waals surface area contributed by atoms with Crippen molar-refractivity contribution in [2.45, 2.75) is 19.5 Å². The molecule has 6 nitrogen and oxygen atoms in total. The number of carbonyl (C=O) groups is 2. The molecule has 0 fully saturated rings. The Hall–Kier alpha value is -2.55. The summed E-state index contributed by atoms with van der Waals surface area (Å²) in [6.45, 7) is 3.71. The summed E-state index contributed by atoms with van der Waals surface area (Å²) in [6, 6.07) is 10.1. The number of aldehydes is 2. The van der Waals surface area contributed by atoms with Gasteiger partial charge in [-0.3, -0.25) is 9.59 Å². The lowest BCUT2D eigenvalue weighted by Crippen LogP contribution is -2.23. The van der Waals surface area contributed by atoms with E-state index >= 15 is 0 Å². The van der Waals surface area contributed by atoms with Crippen molar-refractivity contribution < 1.29 is 22.8 Å². The molecule has 0 aliphatic rings. The minimum Gasteiger partial charge on any atom is -0.388 e. The van der Waals surface area contributed by atoms with Crippen LogP contribution in [0.3, 0.4) is 0 Å². The quantitative estimate of drug-likeness (QED) is 0.403. The molecule has 0 amide bonds. The molecule has 0 atom stereocenters. The van der Waals surface area contributed by atoms with Gasteiger partial charge in [-0.1, -0.05) is 18.2 Å². The Morgan fingerprint density at radius 3 is 1.93 bits per heavy atom. The number of hydrogen-bond acceptors (Lipinski definition) is 6. The molecule has 0 saturated carbocycles. The van der Waals surface area contributed by atoms with E-state index in [0.717, 1.165) is 37.2 Å². The molecule has 1 aromatic carbocycles. The molecule has 0 unspecified atom stereocenters. The van der Waals surface area contributed by atoms with Crippen LogP contribution >= 0.6 is 0 Å². The minimum atomic E-state index is -4.64. The maximum atomic E-state index is 10.6. The van der Waals surface area contributed by atoms with Gasteiger partial charge in [0, 0.05) is 45.0 Å². The zero-order valence-corrected chi connectivity index (χ0v) is 16.1. The van der Waals surface area contributed by atoms with Crippen LogP contribution in [0.2, 0.25) is 0 Å². The van der Waals surface area contributed by atoms with Crippen molar-refractivity contribution in [2.24, 2.45) is 0 Å². The fraction of sp³-hybridized carbons (Fsp3) is 0.444. The molecular formula is C18H29F3N4O2. The van der Waals surface area contributed by atoms with Crippen LogP contribution in [0.15, 0.2) is 41.7 Å². The van der Waals surface area contributed by atoms with Crippen LogP contribution in [-0.4, -0.2) is 53.0 Å². The topological polar surface area (TPSA) is 82.3 Å². The standard InChI is InChI=1S/C9H19N3O.C7H9N.C2HF3O/c1-4-12-8(5-6-10-2)9(7-13)11-3;1-8-7-5-3-2-4-6-7;3-2(4,5)1-6/h7,10-12H,4-6H2,1-3H3;2-6,8H,1H3;1H/b9-8+;;. The van der Waals surface area contributed by atoms with Gasteiger partial charge in [0.1, 0.15) is 0 Å². The maximum absolute atomic E-state index is 10.6. The molecule has 1 rings (SSSR count). The van der Waals surface area contributed by atoms with E-state index in [-0.39, 0.29) is 0 Å². The number of nitrogens with one attached hydrogen (secondary N) is 4. The van der Waals surface area contributed by atoms with Gasteiger partial charge in [0.25, 0.3) is 0 Å².